The van der Waals surface area contributed by atoms with Gasteiger partial charge in [0.05, 0.1) is 15.6 Å². The molecule has 0 heterocycles. The zero-order valence-electron chi connectivity index (χ0n) is 10.9. The van der Waals surface area contributed by atoms with Gasteiger partial charge in [0.2, 0.25) is 0 Å². The van der Waals surface area contributed by atoms with Gasteiger partial charge in [-0.3, -0.25) is 13.2 Å². The summed E-state index contributed by atoms with van der Waals surface area (Å²) in [5.74, 6) is 0. The summed E-state index contributed by atoms with van der Waals surface area (Å²) in [4.78, 5) is 48.6. The minimum atomic E-state index is -5.97. The Morgan fingerprint density at radius 1 is 0.579 bits per heavy atom. The van der Waals surface area contributed by atoms with E-state index in [2.05, 4.69) is 8.62 Å². The molecule has 0 aliphatic heterocycles. The first-order chi connectivity index (χ1) is 5.41. The number of phosphoric acid groups is 3. The minimum Gasteiger partial charge on any atom is -0.790 e. The van der Waals surface area contributed by atoms with E-state index in [0.29, 0.717) is 0 Å². The summed E-state index contributed by atoms with van der Waals surface area (Å²) in [6.45, 7) is 0. The van der Waals surface area contributed by atoms with Crippen LogP contribution in [-0.4, -0.2) is 5.48 Å². The van der Waals surface area contributed by atoms with E-state index in [4.69, 9.17) is 0 Å². The number of rotatable bonds is 4. The molecule has 19 heavy (non-hydrogen) atoms. The van der Waals surface area contributed by atoms with Crippen molar-refractivity contribution in [3.05, 3.63) is 0 Å². The van der Waals surface area contributed by atoms with Crippen LogP contribution in [0.25, 0.3) is 0 Å². The van der Waals surface area contributed by atoms with E-state index in [1.807, 2.05) is 0 Å². The zero-order chi connectivity index (χ0) is 10.9. The molecule has 0 bridgehead atoms. The fourth-order valence-electron chi connectivity index (χ4n) is 0.260. The Kier molecular flexibility index (Phi) is 42.2. The van der Waals surface area contributed by atoms with Crippen LogP contribution in [0.1, 0.15) is 0 Å². The third-order valence-corrected chi connectivity index (χ3v) is 3.60. The molecular formula is H2Na5O11P3. The molecule has 0 saturated carbocycles. The molecule has 0 atom stereocenters. The maximum absolute atomic E-state index is 10.1. The summed E-state index contributed by atoms with van der Waals surface area (Å²) in [6, 6.07) is 0. The largest absolute Gasteiger partial charge is 1.00 e. The van der Waals surface area contributed by atoms with E-state index in [0.717, 1.165) is 0 Å². The molecule has 0 aromatic heterocycles. The summed E-state index contributed by atoms with van der Waals surface area (Å²) >= 11 is 0. The summed E-state index contributed by atoms with van der Waals surface area (Å²) in [7, 11) is -17.9. The Morgan fingerprint density at radius 3 is 0.842 bits per heavy atom. The molecule has 0 radical (unpaired) electrons. The van der Waals surface area contributed by atoms with Crippen LogP contribution < -0.4 is 172 Å². The SMILES string of the molecule is O.O=P([O-])([O-])OP(=O)([O-])OP(=O)([O-])[O-].[Na+].[Na+].[Na+].[Na+].[Na+]. The molecule has 0 unspecified atom stereocenters. The standard InChI is InChI=1S/5Na.H5O10P3.H2O/c;;;;;1-11(2,3)9-13(7,8)10-12(4,5)6;/h;;;;;(H,7,8)(H2,1,2,3)(H2,4,5,6);1H2/q5*+1;;/p-5. The van der Waals surface area contributed by atoms with E-state index >= 15 is 0 Å². The van der Waals surface area contributed by atoms with Crippen molar-refractivity contribution >= 4 is 23.5 Å². The molecule has 11 nitrogen and oxygen atoms in total. The second kappa shape index (κ2) is 18.2. The molecule has 0 aromatic rings. The van der Waals surface area contributed by atoms with Gasteiger partial charge in [0.15, 0.2) is 0 Å². The van der Waals surface area contributed by atoms with E-state index in [1.54, 1.807) is 0 Å². The third-order valence-electron chi connectivity index (χ3n) is 0.400. The Morgan fingerprint density at radius 2 is 0.737 bits per heavy atom. The molecule has 0 amide bonds. The molecule has 0 aliphatic rings. The van der Waals surface area contributed by atoms with Crippen LogP contribution in [0.5, 0.6) is 0 Å². The molecular weight excluding hydrogens is 384 g/mol. The quantitative estimate of drug-likeness (QED) is 0.328. The summed E-state index contributed by atoms with van der Waals surface area (Å²) < 4.78 is 34.7. The fraction of sp³-hybridized carbons (Fsp3) is 0. The van der Waals surface area contributed by atoms with Gasteiger partial charge in [-0.25, -0.2) is 0 Å². The Hall–Kier alpha value is 5.37. The van der Waals surface area contributed by atoms with Gasteiger partial charge in [0.25, 0.3) is 7.82 Å². The van der Waals surface area contributed by atoms with Crippen LogP contribution in [0.4, 0.5) is 0 Å². The topological polar surface area (TPSA) is 216 Å². The normalized spacial score (nSPS) is 9.95. The average molecular weight is 386 g/mol. The second-order valence-corrected chi connectivity index (χ2v) is 5.49. The molecule has 0 fully saturated rings. The second-order valence-electron chi connectivity index (χ2n) is 1.50. The minimum absolute atomic E-state index is 0. The Balaban J connectivity index is -0.0000000480. The van der Waals surface area contributed by atoms with E-state index in [-0.39, 0.29) is 153 Å². The molecule has 2 N–H and O–H groups in total. The first kappa shape index (κ1) is 44.1. The van der Waals surface area contributed by atoms with Gasteiger partial charge in [0.1, 0.15) is 0 Å². The van der Waals surface area contributed by atoms with Crippen LogP contribution in [0, 0.1) is 0 Å². The van der Waals surface area contributed by atoms with Gasteiger partial charge in [-0.15, -0.1) is 0 Å². The Bertz CT molecular complexity index is 288. The number of hydrogen-bond donors (Lipinski definition) is 0. The van der Waals surface area contributed by atoms with E-state index in [9.17, 15) is 38.2 Å². The van der Waals surface area contributed by atoms with Crippen molar-refractivity contribution in [2.75, 3.05) is 0 Å². The molecule has 19 heteroatoms. The van der Waals surface area contributed by atoms with Crippen molar-refractivity contribution in [2.24, 2.45) is 0 Å². The maximum Gasteiger partial charge on any atom is 1.00 e. The molecule has 0 aliphatic carbocycles. The average Bonchev–Trinajstić information content (AvgIpc) is 1.43. The predicted molar refractivity (Wildman–Crippen MR) is 28.6 cm³/mol. The van der Waals surface area contributed by atoms with E-state index in [1.165, 1.54) is 0 Å². The van der Waals surface area contributed by atoms with Crippen molar-refractivity contribution in [1.29, 1.82) is 0 Å². The first-order valence-corrected chi connectivity index (χ1v) is 6.57. The smallest absolute Gasteiger partial charge is 0.790 e. The molecule has 0 rings (SSSR count). The van der Waals surface area contributed by atoms with Crippen LogP contribution in [0.15, 0.2) is 0 Å². The van der Waals surface area contributed by atoms with Crippen LogP contribution in [-0.2, 0) is 22.3 Å². The van der Waals surface area contributed by atoms with Crippen LogP contribution in [0.3, 0.4) is 0 Å². The van der Waals surface area contributed by atoms with Gasteiger partial charge in [-0.1, -0.05) is 0 Å². The van der Waals surface area contributed by atoms with Gasteiger partial charge in [0, 0.05) is 0 Å². The summed E-state index contributed by atoms with van der Waals surface area (Å²) in [5, 5.41) is 0. The fourth-order valence-corrected chi connectivity index (χ4v) is 2.61. The van der Waals surface area contributed by atoms with Gasteiger partial charge >= 0.3 is 148 Å². The maximum atomic E-state index is 10.1. The third kappa shape index (κ3) is 35.4. The molecule has 0 spiro atoms. The van der Waals surface area contributed by atoms with Crippen LogP contribution in [0.2, 0.25) is 0 Å². The Labute approximate surface area is 219 Å². The van der Waals surface area contributed by atoms with Crippen molar-refractivity contribution < 1.29 is 200 Å². The van der Waals surface area contributed by atoms with Gasteiger partial charge in [-0.05, 0) is 0 Å². The van der Waals surface area contributed by atoms with Gasteiger partial charge in [-0.2, -0.15) is 0 Å². The van der Waals surface area contributed by atoms with Crippen LogP contribution >= 0.6 is 23.5 Å². The number of hydrogen-bond acceptors (Lipinski definition) is 10. The molecule has 0 saturated heterocycles. The first-order valence-electron chi connectivity index (χ1n) is 2.19. The van der Waals surface area contributed by atoms with Gasteiger partial charge < -0.3 is 39.1 Å². The molecule has 88 valence electrons. The van der Waals surface area contributed by atoms with Crippen molar-refractivity contribution in [3.63, 3.8) is 0 Å². The van der Waals surface area contributed by atoms with Crippen molar-refractivity contribution in [2.45, 2.75) is 0 Å². The van der Waals surface area contributed by atoms with E-state index < -0.39 is 23.5 Å². The summed E-state index contributed by atoms with van der Waals surface area (Å²) in [6.07, 6.45) is 0. The van der Waals surface area contributed by atoms with Crippen molar-refractivity contribution in [1.82, 2.24) is 0 Å². The monoisotopic (exact) mass is 386 g/mol. The predicted octanol–water partition coefficient (Wildman–Crippen LogP) is -19.7. The zero-order valence-corrected chi connectivity index (χ0v) is 23.6. The molecule has 0 aromatic carbocycles. The summed E-state index contributed by atoms with van der Waals surface area (Å²) in [5.41, 5.74) is 0. The van der Waals surface area contributed by atoms with Crippen molar-refractivity contribution in [3.8, 4) is 0 Å².